The van der Waals surface area contributed by atoms with Gasteiger partial charge in [-0.15, -0.1) is 11.6 Å². The molecule has 7 nitrogen and oxygen atoms in total. The van der Waals surface area contributed by atoms with Gasteiger partial charge in [0.2, 0.25) is 5.95 Å². The highest BCUT2D eigenvalue weighted by molar-refractivity contribution is 6.17. The van der Waals surface area contributed by atoms with E-state index in [0.717, 1.165) is 41.1 Å². The number of rotatable bonds is 4. The number of halogens is 1. The summed E-state index contributed by atoms with van der Waals surface area (Å²) in [6.45, 7) is 8.60. The summed E-state index contributed by atoms with van der Waals surface area (Å²) in [6, 6.07) is 12.8. The van der Waals surface area contributed by atoms with Gasteiger partial charge in [-0.25, -0.2) is 4.98 Å². The second-order valence-electron chi connectivity index (χ2n) is 8.48. The Balaban J connectivity index is 1.65. The van der Waals surface area contributed by atoms with Crippen molar-refractivity contribution < 1.29 is 9.47 Å². The number of hydrogen-bond acceptors (Lipinski definition) is 7. The first-order valence-corrected chi connectivity index (χ1v) is 11.7. The Kier molecular flexibility index (Phi) is 6.13. The molecule has 168 valence electrons. The number of nitrogens with zero attached hydrogens (tertiary/aromatic N) is 5. The number of alkyl halides is 1. The number of ether oxygens (including phenoxy) is 2. The van der Waals surface area contributed by atoms with Crippen molar-refractivity contribution in [1.82, 2.24) is 15.0 Å². The average molecular weight is 454 g/mol. The maximum atomic E-state index is 6.05. The van der Waals surface area contributed by atoms with E-state index in [1.165, 1.54) is 0 Å². The van der Waals surface area contributed by atoms with Gasteiger partial charge < -0.3 is 19.3 Å². The molecule has 2 atom stereocenters. The first-order valence-electron chi connectivity index (χ1n) is 11.2. The van der Waals surface area contributed by atoms with Gasteiger partial charge in [0.1, 0.15) is 5.82 Å². The van der Waals surface area contributed by atoms with E-state index in [0.29, 0.717) is 43.9 Å². The maximum Gasteiger partial charge on any atom is 0.229 e. The van der Waals surface area contributed by atoms with E-state index in [2.05, 4.69) is 41.8 Å². The van der Waals surface area contributed by atoms with Crippen molar-refractivity contribution in [3.05, 3.63) is 42.0 Å². The normalized spacial score (nSPS) is 21.8. The van der Waals surface area contributed by atoms with Gasteiger partial charge in [0.15, 0.2) is 5.65 Å². The highest BCUT2D eigenvalue weighted by Gasteiger charge is 2.27. The molecule has 1 aromatic carbocycles. The van der Waals surface area contributed by atoms with Crippen LogP contribution in [0.15, 0.2) is 36.4 Å². The molecule has 0 saturated carbocycles. The molecule has 2 aliphatic heterocycles. The van der Waals surface area contributed by atoms with Crippen molar-refractivity contribution in [2.75, 3.05) is 49.3 Å². The minimum Gasteiger partial charge on any atom is -0.377 e. The Morgan fingerprint density at radius 3 is 2.41 bits per heavy atom. The van der Waals surface area contributed by atoms with Crippen LogP contribution in [0.3, 0.4) is 0 Å². The number of pyridine rings is 1. The van der Waals surface area contributed by atoms with Crippen molar-refractivity contribution in [3.63, 3.8) is 0 Å². The smallest absolute Gasteiger partial charge is 0.229 e. The van der Waals surface area contributed by atoms with Gasteiger partial charge in [-0.05, 0) is 37.6 Å². The zero-order valence-electron chi connectivity index (χ0n) is 18.5. The molecule has 0 radical (unpaired) electrons. The highest BCUT2D eigenvalue weighted by Crippen LogP contribution is 2.31. The van der Waals surface area contributed by atoms with Crippen LogP contribution in [0.4, 0.5) is 11.8 Å². The molecule has 2 aromatic heterocycles. The number of morpholine rings is 2. The molecule has 0 N–H and O–H groups in total. The summed E-state index contributed by atoms with van der Waals surface area (Å²) in [4.78, 5) is 19.5. The second kappa shape index (κ2) is 9.17. The molecule has 8 heteroatoms. The predicted molar refractivity (Wildman–Crippen MR) is 128 cm³/mol. The topological polar surface area (TPSA) is 63.6 Å². The lowest BCUT2D eigenvalue weighted by molar-refractivity contribution is 0.0973. The van der Waals surface area contributed by atoms with E-state index in [1.54, 1.807) is 0 Å². The SMILES string of the molecule is CC1COCCN1c1nc(N2CCOCC2C)c2ccc(-c3cccc(CCl)c3)nc2n1. The number of anilines is 2. The van der Waals surface area contributed by atoms with Crippen LogP contribution in [0.25, 0.3) is 22.3 Å². The molecule has 0 bridgehead atoms. The number of hydrogen-bond donors (Lipinski definition) is 0. The molecule has 0 amide bonds. The molecule has 2 unspecified atom stereocenters. The molecule has 0 spiro atoms. The first-order chi connectivity index (χ1) is 15.6. The van der Waals surface area contributed by atoms with Crippen LogP contribution in [0.1, 0.15) is 19.4 Å². The molecule has 2 aliphatic rings. The van der Waals surface area contributed by atoms with E-state index < -0.39 is 0 Å². The lowest BCUT2D eigenvalue weighted by Crippen LogP contribution is -2.46. The third-order valence-corrected chi connectivity index (χ3v) is 6.48. The Morgan fingerprint density at radius 1 is 0.938 bits per heavy atom. The van der Waals surface area contributed by atoms with Gasteiger partial charge in [0.05, 0.1) is 49.6 Å². The van der Waals surface area contributed by atoms with Crippen LogP contribution in [-0.2, 0) is 15.4 Å². The summed E-state index contributed by atoms with van der Waals surface area (Å²) >= 11 is 6.05. The van der Waals surface area contributed by atoms with Crippen LogP contribution >= 0.6 is 11.6 Å². The first kappa shape index (κ1) is 21.4. The fourth-order valence-corrected chi connectivity index (χ4v) is 4.54. The number of benzene rings is 1. The fourth-order valence-electron chi connectivity index (χ4n) is 4.37. The van der Waals surface area contributed by atoms with Gasteiger partial charge >= 0.3 is 0 Å². The zero-order chi connectivity index (χ0) is 22.1. The molecule has 0 aliphatic carbocycles. The fraction of sp³-hybridized carbons (Fsp3) is 0.458. The van der Waals surface area contributed by atoms with Gasteiger partial charge in [-0.1, -0.05) is 18.2 Å². The summed E-state index contributed by atoms with van der Waals surface area (Å²) in [6.07, 6.45) is 0. The van der Waals surface area contributed by atoms with Crippen molar-refractivity contribution >= 4 is 34.4 Å². The Labute approximate surface area is 193 Å². The molecular formula is C24H28ClN5O2. The summed E-state index contributed by atoms with van der Waals surface area (Å²) in [5.74, 6) is 2.11. The van der Waals surface area contributed by atoms with Crippen LogP contribution in [0.5, 0.6) is 0 Å². The van der Waals surface area contributed by atoms with Crippen LogP contribution in [0, 0.1) is 0 Å². The minimum absolute atomic E-state index is 0.208. The Bertz CT molecular complexity index is 1110. The van der Waals surface area contributed by atoms with Gasteiger partial charge in [0.25, 0.3) is 0 Å². The van der Waals surface area contributed by atoms with Gasteiger partial charge in [-0.2, -0.15) is 9.97 Å². The lowest BCUT2D eigenvalue weighted by Gasteiger charge is -2.37. The van der Waals surface area contributed by atoms with Crippen molar-refractivity contribution in [2.24, 2.45) is 0 Å². The summed E-state index contributed by atoms with van der Waals surface area (Å²) in [5.41, 5.74) is 3.69. The molecular weight excluding hydrogens is 426 g/mol. The van der Waals surface area contributed by atoms with E-state index in [1.807, 2.05) is 18.2 Å². The average Bonchev–Trinajstić information content (AvgIpc) is 2.83. The summed E-state index contributed by atoms with van der Waals surface area (Å²) < 4.78 is 11.3. The van der Waals surface area contributed by atoms with Gasteiger partial charge in [-0.3, -0.25) is 0 Å². The third-order valence-electron chi connectivity index (χ3n) is 6.17. The quantitative estimate of drug-likeness (QED) is 0.555. The van der Waals surface area contributed by atoms with Crippen molar-refractivity contribution in [1.29, 1.82) is 0 Å². The van der Waals surface area contributed by atoms with E-state index >= 15 is 0 Å². The second-order valence-corrected chi connectivity index (χ2v) is 8.75. The molecule has 32 heavy (non-hydrogen) atoms. The molecule has 4 heterocycles. The number of aromatic nitrogens is 3. The van der Waals surface area contributed by atoms with E-state index in [4.69, 9.17) is 36.0 Å². The molecule has 5 rings (SSSR count). The standard InChI is InChI=1S/C24H28ClN5O2/c1-16-14-31-10-8-29(16)23-20-6-7-21(19-5-3-4-18(12-19)13-25)26-22(20)27-24(28-23)30-9-11-32-15-17(30)2/h3-7,12,16-17H,8-11,13-15H2,1-2H3. The van der Waals surface area contributed by atoms with Crippen LogP contribution < -0.4 is 9.80 Å². The Morgan fingerprint density at radius 2 is 1.69 bits per heavy atom. The van der Waals surface area contributed by atoms with Crippen molar-refractivity contribution in [3.8, 4) is 11.3 Å². The lowest BCUT2D eigenvalue weighted by atomic mass is 10.1. The Hall–Kier alpha value is -2.48. The zero-order valence-corrected chi connectivity index (χ0v) is 19.3. The predicted octanol–water partition coefficient (Wildman–Crippen LogP) is 3.88. The summed E-state index contributed by atoms with van der Waals surface area (Å²) in [5, 5.41) is 0.959. The third kappa shape index (κ3) is 4.12. The maximum absolute atomic E-state index is 6.05. The number of fused-ring (bicyclic) bond motifs is 1. The molecule has 2 saturated heterocycles. The molecule has 2 fully saturated rings. The molecule has 3 aromatic rings. The monoisotopic (exact) mass is 453 g/mol. The van der Waals surface area contributed by atoms with E-state index in [-0.39, 0.29) is 12.1 Å². The summed E-state index contributed by atoms with van der Waals surface area (Å²) in [7, 11) is 0. The van der Waals surface area contributed by atoms with Crippen molar-refractivity contribution in [2.45, 2.75) is 31.8 Å². The largest absolute Gasteiger partial charge is 0.377 e. The highest BCUT2D eigenvalue weighted by atomic mass is 35.5. The van der Waals surface area contributed by atoms with Crippen LogP contribution in [-0.4, -0.2) is 66.6 Å². The van der Waals surface area contributed by atoms with E-state index in [9.17, 15) is 0 Å². The van der Waals surface area contributed by atoms with Crippen LogP contribution in [0.2, 0.25) is 0 Å². The minimum atomic E-state index is 0.208. The van der Waals surface area contributed by atoms with Gasteiger partial charge in [0, 0.05) is 24.5 Å².